The van der Waals surface area contributed by atoms with Gasteiger partial charge in [-0.05, 0) is 63.3 Å². The molecule has 1 aromatic rings. The van der Waals surface area contributed by atoms with Crippen LogP contribution in [0.4, 0.5) is 0 Å². The molecule has 1 atom stereocenters. The van der Waals surface area contributed by atoms with Crippen LogP contribution in [0.25, 0.3) is 0 Å². The Hall–Kier alpha value is -1.93. The highest BCUT2D eigenvalue weighted by molar-refractivity contribution is 7.89. The molecule has 8 heteroatoms. The Labute approximate surface area is 167 Å². The van der Waals surface area contributed by atoms with Gasteiger partial charge in [-0.1, -0.05) is 13.0 Å². The number of nitrogens with one attached hydrogen (secondary N) is 1. The van der Waals surface area contributed by atoms with Crippen molar-refractivity contribution < 1.29 is 23.1 Å². The highest BCUT2D eigenvalue weighted by Gasteiger charge is 2.35. The van der Waals surface area contributed by atoms with Gasteiger partial charge in [0.2, 0.25) is 15.9 Å². The van der Waals surface area contributed by atoms with E-state index in [1.54, 1.807) is 25.1 Å². The highest BCUT2D eigenvalue weighted by Crippen LogP contribution is 2.26. The number of aliphatic carboxylic acids is 1. The van der Waals surface area contributed by atoms with Gasteiger partial charge < -0.3 is 10.4 Å². The maximum atomic E-state index is 12.9. The number of rotatable bonds is 7. The number of amides is 1. The molecule has 1 saturated heterocycles. The number of benzene rings is 1. The summed E-state index contributed by atoms with van der Waals surface area (Å²) >= 11 is 0. The molecule has 0 unspecified atom stereocenters. The molecule has 0 bridgehead atoms. The van der Waals surface area contributed by atoms with E-state index in [9.17, 15) is 18.0 Å². The second-order valence-electron chi connectivity index (χ2n) is 7.90. The standard InChI is InChI=1S/C20H30N2O5S/c1-5-20(4,13-18(23)24)21-19(25)16-8-10-22(11-9-16)28(26,27)17-7-6-14(2)15(3)12-17/h6-7,12,16H,5,8-11,13H2,1-4H3,(H,21,25)(H,23,24)/t20-/m0/s1. The molecule has 1 aromatic carbocycles. The van der Waals surface area contributed by atoms with Gasteiger partial charge >= 0.3 is 5.97 Å². The number of hydrogen-bond acceptors (Lipinski definition) is 4. The summed E-state index contributed by atoms with van der Waals surface area (Å²) in [5.74, 6) is -1.47. The Kier molecular flexibility index (Phi) is 6.88. The highest BCUT2D eigenvalue weighted by atomic mass is 32.2. The van der Waals surface area contributed by atoms with E-state index in [1.807, 2.05) is 20.8 Å². The fourth-order valence-corrected chi connectivity index (χ4v) is 4.93. The number of carbonyl (C=O) groups excluding carboxylic acids is 1. The van der Waals surface area contributed by atoms with E-state index in [2.05, 4.69) is 5.32 Å². The molecule has 2 rings (SSSR count). The van der Waals surface area contributed by atoms with Gasteiger partial charge in [-0.2, -0.15) is 4.31 Å². The molecule has 28 heavy (non-hydrogen) atoms. The number of piperidine rings is 1. The summed E-state index contributed by atoms with van der Waals surface area (Å²) in [5.41, 5.74) is 1.16. The number of carbonyl (C=O) groups is 2. The monoisotopic (exact) mass is 410 g/mol. The summed E-state index contributed by atoms with van der Waals surface area (Å²) in [6.07, 6.45) is 1.20. The lowest BCUT2D eigenvalue weighted by Gasteiger charge is -2.34. The number of hydrogen-bond donors (Lipinski definition) is 2. The minimum atomic E-state index is -3.58. The molecule has 0 radical (unpaired) electrons. The third-order valence-corrected chi connectivity index (χ3v) is 7.58. The third kappa shape index (κ3) is 5.11. The van der Waals surface area contributed by atoms with Gasteiger partial charge in [0.05, 0.1) is 11.3 Å². The van der Waals surface area contributed by atoms with Crippen molar-refractivity contribution in [3.05, 3.63) is 29.3 Å². The zero-order chi connectivity index (χ0) is 21.1. The van der Waals surface area contributed by atoms with Crippen LogP contribution in [0.1, 0.15) is 50.7 Å². The molecule has 0 aliphatic carbocycles. The van der Waals surface area contributed by atoms with Gasteiger partial charge in [0.15, 0.2) is 0 Å². The Morgan fingerprint density at radius 3 is 2.32 bits per heavy atom. The van der Waals surface area contributed by atoms with Crippen LogP contribution in [-0.4, -0.2) is 48.3 Å². The minimum absolute atomic E-state index is 0.144. The van der Waals surface area contributed by atoms with Gasteiger partial charge in [0.1, 0.15) is 0 Å². The van der Waals surface area contributed by atoms with Crippen LogP contribution in [0.5, 0.6) is 0 Å². The van der Waals surface area contributed by atoms with Gasteiger partial charge in [0, 0.05) is 24.5 Å². The van der Waals surface area contributed by atoms with E-state index in [-0.39, 0.29) is 36.2 Å². The fourth-order valence-electron chi connectivity index (χ4n) is 3.37. The number of nitrogens with zero attached hydrogens (tertiary/aromatic N) is 1. The summed E-state index contributed by atoms with van der Waals surface area (Å²) in [6.45, 7) is 7.92. The first-order chi connectivity index (χ1) is 13.0. The normalized spacial score (nSPS) is 18.4. The minimum Gasteiger partial charge on any atom is -0.481 e. The lowest BCUT2D eigenvalue weighted by atomic mass is 9.91. The smallest absolute Gasteiger partial charge is 0.305 e. The Balaban J connectivity index is 2.02. The van der Waals surface area contributed by atoms with Crippen LogP contribution >= 0.6 is 0 Å². The first-order valence-electron chi connectivity index (χ1n) is 9.60. The molecular weight excluding hydrogens is 380 g/mol. The van der Waals surface area contributed by atoms with E-state index in [1.165, 1.54) is 4.31 Å². The zero-order valence-electron chi connectivity index (χ0n) is 17.0. The summed E-state index contributed by atoms with van der Waals surface area (Å²) < 4.78 is 27.2. The summed E-state index contributed by atoms with van der Waals surface area (Å²) in [7, 11) is -3.58. The van der Waals surface area contributed by atoms with Gasteiger partial charge in [-0.3, -0.25) is 9.59 Å². The van der Waals surface area contributed by atoms with Crippen molar-refractivity contribution in [2.45, 2.75) is 63.8 Å². The average molecular weight is 411 g/mol. The summed E-state index contributed by atoms with van der Waals surface area (Å²) in [5, 5.41) is 11.9. The number of carboxylic acids is 1. The first kappa shape index (κ1) is 22.4. The molecule has 0 spiro atoms. The first-order valence-corrected chi connectivity index (χ1v) is 11.0. The van der Waals surface area contributed by atoms with Gasteiger partial charge in [-0.15, -0.1) is 0 Å². The van der Waals surface area contributed by atoms with Crippen molar-refractivity contribution >= 4 is 21.9 Å². The quantitative estimate of drug-likeness (QED) is 0.719. The summed E-state index contributed by atoms with van der Waals surface area (Å²) in [4.78, 5) is 23.9. The molecule has 1 aliphatic heterocycles. The average Bonchev–Trinajstić information content (AvgIpc) is 2.63. The van der Waals surface area contributed by atoms with Crippen LogP contribution in [0, 0.1) is 19.8 Å². The van der Waals surface area contributed by atoms with Crippen molar-refractivity contribution in [3.63, 3.8) is 0 Å². The van der Waals surface area contributed by atoms with E-state index in [4.69, 9.17) is 5.11 Å². The molecule has 0 aromatic heterocycles. The Morgan fingerprint density at radius 1 is 1.21 bits per heavy atom. The van der Waals surface area contributed by atoms with E-state index in [0.29, 0.717) is 19.3 Å². The van der Waals surface area contributed by atoms with E-state index in [0.717, 1.165) is 11.1 Å². The fraction of sp³-hybridized carbons (Fsp3) is 0.600. The van der Waals surface area contributed by atoms with Crippen molar-refractivity contribution in [2.75, 3.05) is 13.1 Å². The molecule has 1 heterocycles. The zero-order valence-corrected chi connectivity index (χ0v) is 17.8. The Morgan fingerprint density at radius 2 is 1.82 bits per heavy atom. The third-order valence-electron chi connectivity index (χ3n) is 5.69. The van der Waals surface area contributed by atoms with Crippen molar-refractivity contribution in [3.8, 4) is 0 Å². The number of sulfonamides is 1. The van der Waals surface area contributed by atoms with Crippen LogP contribution in [0.15, 0.2) is 23.1 Å². The van der Waals surface area contributed by atoms with Crippen LogP contribution < -0.4 is 5.32 Å². The Bertz CT molecular complexity index is 844. The summed E-state index contributed by atoms with van der Waals surface area (Å²) in [6, 6.07) is 5.10. The van der Waals surface area contributed by atoms with Gasteiger partial charge in [0.25, 0.3) is 0 Å². The topological polar surface area (TPSA) is 104 Å². The van der Waals surface area contributed by atoms with E-state index >= 15 is 0 Å². The predicted octanol–water partition coefficient (Wildman–Crippen LogP) is 2.46. The molecule has 7 nitrogen and oxygen atoms in total. The number of aryl methyl sites for hydroxylation is 2. The van der Waals surface area contributed by atoms with Crippen LogP contribution in [0.2, 0.25) is 0 Å². The molecule has 2 N–H and O–H groups in total. The SMILES string of the molecule is CC[C@@](C)(CC(=O)O)NC(=O)C1CCN(S(=O)(=O)c2ccc(C)c(C)c2)CC1. The lowest BCUT2D eigenvalue weighted by molar-refractivity contribution is -0.139. The van der Waals surface area contributed by atoms with Crippen molar-refractivity contribution in [1.82, 2.24) is 9.62 Å². The number of carboxylic acid groups (broad SMARTS) is 1. The van der Waals surface area contributed by atoms with Crippen LogP contribution in [0.3, 0.4) is 0 Å². The molecule has 1 fully saturated rings. The second kappa shape index (κ2) is 8.61. The van der Waals surface area contributed by atoms with Crippen LogP contribution in [-0.2, 0) is 19.6 Å². The molecule has 1 amide bonds. The van der Waals surface area contributed by atoms with E-state index < -0.39 is 21.5 Å². The second-order valence-corrected chi connectivity index (χ2v) is 9.84. The molecular formula is C20H30N2O5S. The van der Waals surface area contributed by atoms with Crippen molar-refractivity contribution in [1.29, 1.82) is 0 Å². The van der Waals surface area contributed by atoms with Crippen molar-refractivity contribution in [2.24, 2.45) is 5.92 Å². The lowest BCUT2D eigenvalue weighted by Crippen LogP contribution is -2.51. The molecule has 156 valence electrons. The van der Waals surface area contributed by atoms with Gasteiger partial charge in [-0.25, -0.2) is 8.42 Å². The molecule has 1 aliphatic rings. The maximum absolute atomic E-state index is 12.9. The largest absolute Gasteiger partial charge is 0.481 e. The molecule has 0 saturated carbocycles. The maximum Gasteiger partial charge on any atom is 0.305 e. The predicted molar refractivity (Wildman–Crippen MR) is 106 cm³/mol.